The molecule has 0 saturated carbocycles. The summed E-state index contributed by atoms with van der Waals surface area (Å²) in [5.74, 6) is 0.664. The SMILES string of the molecule is c1ccc(-c2nc(-c3ccccc3-c3ccccc3)c(-n3c4ccccc4c4cc(-c5ccc6c(c5)c5ccccc5n6-c5ccccc5)ccc43)c(-c3ccccc3-c3ccccc3)n2)cc1. The Morgan fingerprint density at radius 3 is 1.12 bits per heavy atom. The zero-order valence-corrected chi connectivity index (χ0v) is 37.0. The van der Waals surface area contributed by atoms with Gasteiger partial charge in [0.15, 0.2) is 5.82 Å². The van der Waals surface area contributed by atoms with Gasteiger partial charge >= 0.3 is 0 Å². The third-order valence-corrected chi connectivity index (χ3v) is 13.4. The van der Waals surface area contributed by atoms with Gasteiger partial charge in [-0.3, -0.25) is 0 Å². The highest BCUT2D eigenvalue weighted by molar-refractivity contribution is 6.13. The van der Waals surface area contributed by atoms with Crippen molar-refractivity contribution < 1.29 is 0 Å². The van der Waals surface area contributed by atoms with Crippen LogP contribution in [0.15, 0.2) is 255 Å². The highest BCUT2D eigenvalue weighted by Gasteiger charge is 2.27. The van der Waals surface area contributed by atoms with Gasteiger partial charge in [0.25, 0.3) is 0 Å². The lowest BCUT2D eigenvalue weighted by Gasteiger charge is -2.22. The largest absolute Gasteiger partial charge is 0.309 e. The molecule has 3 heterocycles. The average Bonchev–Trinajstić information content (AvgIpc) is 3.93. The number of nitrogens with zero attached hydrogens (tertiary/aromatic N) is 4. The summed E-state index contributed by atoms with van der Waals surface area (Å²) in [6.45, 7) is 0. The van der Waals surface area contributed by atoms with E-state index >= 15 is 0 Å². The summed E-state index contributed by atoms with van der Waals surface area (Å²) in [7, 11) is 0. The van der Waals surface area contributed by atoms with Crippen LogP contribution in [0, 0.1) is 0 Å². The fraction of sp³-hybridized carbons (Fsp3) is 0. The molecule has 0 aliphatic rings. The van der Waals surface area contributed by atoms with Crippen LogP contribution in [0.4, 0.5) is 0 Å². The molecule has 4 heteroatoms. The van der Waals surface area contributed by atoms with E-state index in [4.69, 9.17) is 9.97 Å². The van der Waals surface area contributed by atoms with E-state index < -0.39 is 0 Å². The first-order valence-electron chi connectivity index (χ1n) is 23.2. The van der Waals surface area contributed by atoms with E-state index in [0.717, 1.165) is 94.6 Å². The second-order valence-corrected chi connectivity index (χ2v) is 17.3. The molecule has 0 amide bonds. The summed E-state index contributed by atoms with van der Waals surface area (Å²) in [5.41, 5.74) is 18.1. The summed E-state index contributed by atoms with van der Waals surface area (Å²) in [6, 6.07) is 91.0. The molecule has 0 N–H and O–H groups in total. The van der Waals surface area contributed by atoms with Gasteiger partial charge in [-0.1, -0.05) is 206 Å². The Kier molecular flexibility index (Phi) is 9.47. The Labute approximate surface area is 394 Å². The third kappa shape index (κ3) is 6.53. The molecule has 0 aliphatic heterocycles. The molecule has 13 aromatic rings. The van der Waals surface area contributed by atoms with E-state index in [9.17, 15) is 0 Å². The number of aromatic nitrogens is 4. The van der Waals surface area contributed by atoms with Gasteiger partial charge in [0.05, 0.1) is 39.1 Å². The highest BCUT2D eigenvalue weighted by atomic mass is 15.1. The molecular formula is C64H42N4. The van der Waals surface area contributed by atoms with E-state index in [1.54, 1.807) is 0 Å². The number of benzene rings is 10. The van der Waals surface area contributed by atoms with Crippen LogP contribution < -0.4 is 0 Å². The van der Waals surface area contributed by atoms with Crippen LogP contribution in [-0.2, 0) is 0 Å². The molecule has 318 valence electrons. The Balaban J connectivity index is 1.11. The molecule has 0 unspecified atom stereocenters. The van der Waals surface area contributed by atoms with Crippen molar-refractivity contribution in [1.82, 2.24) is 19.1 Å². The zero-order valence-electron chi connectivity index (χ0n) is 37.0. The second-order valence-electron chi connectivity index (χ2n) is 17.3. The molecule has 10 aromatic carbocycles. The normalized spacial score (nSPS) is 11.5. The number of hydrogen-bond acceptors (Lipinski definition) is 2. The quantitative estimate of drug-likeness (QED) is 0.153. The van der Waals surface area contributed by atoms with Crippen LogP contribution in [-0.4, -0.2) is 19.1 Å². The van der Waals surface area contributed by atoms with Crippen molar-refractivity contribution in [2.45, 2.75) is 0 Å². The van der Waals surface area contributed by atoms with Crippen molar-refractivity contribution in [3.05, 3.63) is 255 Å². The number of para-hydroxylation sites is 3. The third-order valence-electron chi connectivity index (χ3n) is 13.4. The van der Waals surface area contributed by atoms with Crippen molar-refractivity contribution in [2.24, 2.45) is 0 Å². The Bertz CT molecular complexity index is 3900. The van der Waals surface area contributed by atoms with Crippen molar-refractivity contribution in [3.63, 3.8) is 0 Å². The Morgan fingerprint density at radius 2 is 0.618 bits per heavy atom. The molecule has 0 radical (unpaired) electrons. The summed E-state index contributed by atoms with van der Waals surface area (Å²) >= 11 is 0. The Morgan fingerprint density at radius 1 is 0.250 bits per heavy atom. The molecule has 4 nitrogen and oxygen atoms in total. The molecule has 0 bridgehead atoms. The summed E-state index contributed by atoms with van der Waals surface area (Å²) in [4.78, 5) is 11.3. The topological polar surface area (TPSA) is 35.6 Å². The van der Waals surface area contributed by atoms with Crippen LogP contribution in [0.5, 0.6) is 0 Å². The maximum absolute atomic E-state index is 5.67. The molecule has 13 rings (SSSR count). The predicted molar refractivity (Wildman–Crippen MR) is 283 cm³/mol. The molecule has 0 fully saturated rings. The van der Waals surface area contributed by atoms with Crippen molar-refractivity contribution in [1.29, 1.82) is 0 Å². The fourth-order valence-corrected chi connectivity index (χ4v) is 10.3. The maximum atomic E-state index is 5.67. The molecule has 0 spiro atoms. The fourth-order valence-electron chi connectivity index (χ4n) is 10.3. The summed E-state index contributed by atoms with van der Waals surface area (Å²) in [6.07, 6.45) is 0. The molecule has 3 aromatic heterocycles. The molecule has 0 atom stereocenters. The lowest BCUT2D eigenvalue weighted by atomic mass is 9.92. The van der Waals surface area contributed by atoms with Gasteiger partial charge in [-0.05, 0) is 81.9 Å². The van der Waals surface area contributed by atoms with E-state index in [0.29, 0.717) is 5.82 Å². The highest BCUT2D eigenvalue weighted by Crippen LogP contribution is 2.46. The van der Waals surface area contributed by atoms with Crippen LogP contribution in [0.25, 0.3) is 122 Å². The number of hydrogen-bond donors (Lipinski definition) is 0. The van der Waals surface area contributed by atoms with E-state index in [2.05, 4.69) is 258 Å². The van der Waals surface area contributed by atoms with Gasteiger partial charge in [0, 0.05) is 43.9 Å². The van der Waals surface area contributed by atoms with E-state index in [1.807, 2.05) is 6.07 Å². The standard InChI is InChI=1S/C64H42N4/c1-5-21-43(22-6-1)49-29-13-15-33-53(49)61-63(62(66-64(65-61)45-25-9-3-10-26-45)54-34-16-14-30-50(54)44-23-7-2-8-24-44)68-58-36-20-18-32-52(58)56-42-47(38-40-60(56)68)46-37-39-59-55(41-46)51-31-17-19-35-57(51)67(59)48-27-11-4-12-28-48/h1-42H. The van der Waals surface area contributed by atoms with Crippen LogP contribution >= 0.6 is 0 Å². The first-order chi connectivity index (χ1) is 33.8. The second kappa shape index (κ2) is 16.4. The van der Waals surface area contributed by atoms with Gasteiger partial charge in [0.2, 0.25) is 0 Å². The monoisotopic (exact) mass is 866 g/mol. The van der Waals surface area contributed by atoms with Gasteiger partial charge in [-0.25, -0.2) is 9.97 Å². The minimum Gasteiger partial charge on any atom is -0.309 e. The zero-order chi connectivity index (χ0) is 45.0. The maximum Gasteiger partial charge on any atom is 0.160 e. The molecule has 0 aliphatic carbocycles. The number of fused-ring (bicyclic) bond motifs is 6. The average molecular weight is 867 g/mol. The van der Waals surface area contributed by atoms with Gasteiger partial charge < -0.3 is 9.13 Å². The van der Waals surface area contributed by atoms with Crippen molar-refractivity contribution >= 4 is 43.6 Å². The van der Waals surface area contributed by atoms with E-state index in [-0.39, 0.29) is 0 Å². The van der Waals surface area contributed by atoms with Crippen LogP contribution in [0.3, 0.4) is 0 Å². The lowest BCUT2D eigenvalue weighted by Crippen LogP contribution is -2.07. The summed E-state index contributed by atoms with van der Waals surface area (Å²) in [5, 5.41) is 4.77. The number of rotatable bonds is 8. The van der Waals surface area contributed by atoms with E-state index in [1.165, 1.54) is 21.8 Å². The first kappa shape index (κ1) is 39.3. The van der Waals surface area contributed by atoms with Gasteiger partial charge in [-0.2, -0.15) is 0 Å². The summed E-state index contributed by atoms with van der Waals surface area (Å²) < 4.78 is 4.80. The lowest BCUT2D eigenvalue weighted by molar-refractivity contribution is 1.09. The van der Waals surface area contributed by atoms with Crippen molar-refractivity contribution in [2.75, 3.05) is 0 Å². The predicted octanol–water partition coefficient (Wildman–Crippen LogP) is 16.7. The first-order valence-corrected chi connectivity index (χ1v) is 23.2. The van der Waals surface area contributed by atoms with Crippen LogP contribution in [0.1, 0.15) is 0 Å². The van der Waals surface area contributed by atoms with Gasteiger partial charge in [0.1, 0.15) is 0 Å². The Hall–Kier alpha value is -9.12. The van der Waals surface area contributed by atoms with Crippen LogP contribution in [0.2, 0.25) is 0 Å². The molecular weight excluding hydrogens is 825 g/mol. The van der Waals surface area contributed by atoms with Gasteiger partial charge in [-0.15, -0.1) is 0 Å². The smallest absolute Gasteiger partial charge is 0.160 e. The molecule has 68 heavy (non-hydrogen) atoms. The minimum absolute atomic E-state index is 0.664. The molecule has 0 saturated heterocycles. The minimum atomic E-state index is 0.664. The van der Waals surface area contributed by atoms with Crippen molar-refractivity contribution in [3.8, 4) is 78.7 Å².